The summed E-state index contributed by atoms with van der Waals surface area (Å²) in [4.78, 5) is 0. The quantitative estimate of drug-likeness (QED) is 0.656. The van der Waals surface area contributed by atoms with Crippen molar-refractivity contribution in [1.82, 2.24) is 0 Å². The SMILES string of the molecule is Nc1ccc(Cl)cc1-c1cc2cccc(F)c2o1. The summed E-state index contributed by atoms with van der Waals surface area (Å²) in [5.74, 6) is 0.120. The summed E-state index contributed by atoms with van der Waals surface area (Å²) in [5.41, 5.74) is 7.30. The van der Waals surface area contributed by atoms with E-state index in [1.807, 2.05) is 0 Å². The Hall–Kier alpha value is -2.00. The summed E-state index contributed by atoms with van der Waals surface area (Å²) in [5, 5.41) is 1.25. The first-order valence-corrected chi connectivity index (χ1v) is 5.76. The molecule has 0 radical (unpaired) electrons. The molecule has 4 heteroatoms. The Morgan fingerprint density at radius 3 is 2.72 bits per heavy atom. The van der Waals surface area contributed by atoms with Gasteiger partial charge >= 0.3 is 0 Å². The Morgan fingerprint density at radius 2 is 1.94 bits per heavy atom. The summed E-state index contributed by atoms with van der Waals surface area (Å²) >= 11 is 5.93. The maximum Gasteiger partial charge on any atom is 0.170 e. The van der Waals surface area contributed by atoms with Gasteiger partial charge in [-0.1, -0.05) is 23.7 Å². The van der Waals surface area contributed by atoms with Crippen molar-refractivity contribution in [1.29, 1.82) is 0 Å². The summed E-state index contributed by atoms with van der Waals surface area (Å²) in [7, 11) is 0. The number of rotatable bonds is 1. The number of para-hydroxylation sites is 1. The molecular weight excluding hydrogens is 253 g/mol. The third kappa shape index (κ3) is 1.73. The van der Waals surface area contributed by atoms with Crippen LogP contribution in [0.15, 0.2) is 46.9 Å². The maximum atomic E-state index is 13.5. The van der Waals surface area contributed by atoms with Crippen molar-refractivity contribution in [3.05, 3.63) is 53.3 Å². The van der Waals surface area contributed by atoms with Crippen LogP contribution in [-0.4, -0.2) is 0 Å². The molecule has 3 aromatic rings. The topological polar surface area (TPSA) is 39.2 Å². The molecule has 2 aromatic carbocycles. The van der Waals surface area contributed by atoms with Crippen molar-refractivity contribution < 1.29 is 8.81 Å². The van der Waals surface area contributed by atoms with Gasteiger partial charge < -0.3 is 10.2 Å². The number of fused-ring (bicyclic) bond motifs is 1. The Morgan fingerprint density at radius 1 is 1.11 bits per heavy atom. The number of halogens is 2. The minimum atomic E-state index is -0.389. The second-order valence-electron chi connectivity index (χ2n) is 4.00. The first kappa shape index (κ1) is 11.1. The fourth-order valence-electron chi connectivity index (χ4n) is 1.90. The van der Waals surface area contributed by atoms with Crippen LogP contribution in [0, 0.1) is 5.82 Å². The zero-order valence-corrected chi connectivity index (χ0v) is 10.0. The summed E-state index contributed by atoms with van der Waals surface area (Å²) in [6, 6.07) is 11.6. The van der Waals surface area contributed by atoms with E-state index in [9.17, 15) is 4.39 Å². The van der Waals surface area contributed by atoms with E-state index in [0.29, 0.717) is 27.4 Å². The first-order valence-electron chi connectivity index (χ1n) is 5.38. The molecule has 0 bridgehead atoms. The third-order valence-electron chi connectivity index (χ3n) is 2.78. The number of benzene rings is 2. The van der Waals surface area contributed by atoms with Gasteiger partial charge in [0.2, 0.25) is 0 Å². The Balaban J connectivity index is 2.26. The molecule has 2 N–H and O–H groups in total. The van der Waals surface area contributed by atoms with E-state index in [4.69, 9.17) is 21.8 Å². The highest BCUT2D eigenvalue weighted by atomic mass is 35.5. The molecule has 0 fully saturated rings. The molecule has 0 aliphatic rings. The van der Waals surface area contributed by atoms with E-state index in [2.05, 4.69) is 0 Å². The monoisotopic (exact) mass is 261 g/mol. The van der Waals surface area contributed by atoms with E-state index < -0.39 is 0 Å². The van der Waals surface area contributed by atoms with Crippen LogP contribution in [0.4, 0.5) is 10.1 Å². The molecule has 0 saturated heterocycles. The maximum absolute atomic E-state index is 13.5. The Bertz CT molecular complexity index is 736. The zero-order chi connectivity index (χ0) is 12.7. The molecule has 2 nitrogen and oxygen atoms in total. The molecular formula is C14H9ClFNO. The number of anilines is 1. The van der Waals surface area contributed by atoms with Gasteiger partial charge in [0.05, 0.1) is 0 Å². The third-order valence-corrected chi connectivity index (χ3v) is 3.01. The van der Waals surface area contributed by atoms with Gasteiger partial charge in [0.1, 0.15) is 5.76 Å². The van der Waals surface area contributed by atoms with Crippen LogP contribution in [0.1, 0.15) is 0 Å². The van der Waals surface area contributed by atoms with Crippen LogP contribution in [-0.2, 0) is 0 Å². The number of nitrogen functional groups attached to an aromatic ring is 1. The lowest BCUT2D eigenvalue weighted by atomic mass is 10.1. The molecule has 0 atom stereocenters. The molecule has 90 valence electrons. The minimum Gasteiger partial charge on any atom is -0.453 e. The summed E-state index contributed by atoms with van der Waals surface area (Å²) < 4.78 is 19.1. The van der Waals surface area contributed by atoms with Crippen LogP contribution >= 0.6 is 11.6 Å². The standard InChI is InChI=1S/C14H9ClFNO/c15-9-4-5-12(17)10(7-9)13-6-8-2-1-3-11(16)14(8)18-13/h1-7H,17H2. The number of furan rings is 1. The van der Waals surface area contributed by atoms with Crippen molar-refractivity contribution >= 4 is 28.3 Å². The van der Waals surface area contributed by atoms with Gasteiger partial charge in [-0.2, -0.15) is 0 Å². The highest BCUT2D eigenvalue weighted by Gasteiger charge is 2.12. The van der Waals surface area contributed by atoms with Gasteiger partial charge in [-0.05, 0) is 30.3 Å². The van der Waals surface area contributed by atoms with Crippen molar-refractivity contribution in [2.24, 2.45) is 0 Å². The molecule has 0 unspecified atom stereocenters. The average Bonchev–Trinajstić information content (AvgIpc) is 2.77. The molecule has 1 aromatic heterocycles. The lowest BCUT2D eigenvalue weighted by Gasteiger charge is -2.02. The smallest absolute Gasteiger partial charge is 0.170 e. The van der Waals surface area contributed by atoms with E-state index in [0.717, 1.165) is 0 Å². The molecule has 18 heavy (non-hydrogen) atoms. The summed E-state index contributed by atoms with van der Waals surface area (Å²) in [6.07, 6.45) is 0. The first-order chi connectivity index (χ1) is 8.65. The lowest BCUT2D eigenvalue weighted by molar-refractivity contribution is 0.569. The van der Waals surface area contributed by atoms with Gasteiger partial charge in [0.25, 0.3) is 0 Å². The number of hydrogen-bond acceptors (Lipinski definition) is 2. The minimum absolute atomic E-state index is 0.229. The Labute approximate surface area is 108 Å². The van der Waals surface area contributed by atoms with Gasteiger partial charge in [0, 0.05) is 21.7 Å². The van der Waals surface area contributed by atoms with Gasteiger partial charge in [-0.3, -0.25) is 0 Å². The van der Waals surface area contributed by atoms with Crippen molar-refractivity contribution in [3.8, 4) is 11.3 Å². The van der Waals surface area contributed by atoms with Crippen LogP contribution in [0.5, 0.6) is 0 Å². The second kappa shape index (κ2) is 4.03. The Kier molecular flexibility index (Phi) is 2.49. The predicted octanol–water partition coefficient (Wildman–Crippen LogP) is 4.47. The van der Waals surface area contributed by atoms with Gasteiger partial charge in [0.15, 0.2) is 11.4 Å². The van der Waals surface area contributed by atoms with Crippen LogP contribution in [0.3, 0.4) is 0 Å². The molecule has 0 amide bonds. The van der Waals surface area contributed by atoms with Crippen LogP contribution < -0.4 is 5.73 Å². The van der Waals surface area contributed by atoms with E-state index in [-0.39, 0.29) is 11.4 Å². The van der Waals surface area contributed by atoms with Crippen molar-refractivity contribution in [2.75, 3.05) is 5.73 Å². The largest absolute Gasteiger partial charge is 0.453 e. The normalized spacial score (nSPS) is 11.0. The summed E-state index contributed by atoms with van der Waals surface area (Å²) in [6.45, 7) is 0. The fourth-order valence-corrected chi connectivity index (χ4v) is 2.07. The molecule has 0 aliphatic carbocycles. The molecule has 0 spiro atoms. The number of hydrogen-bond donors (Lipinski definition) is 1. The average molecular weight is 262 g/mol. The lowest BCUT2D eigenvalue weighted by Crippen LogP contribution is -1.88. The van der Waals surface area contributed by atoms with Crippen LogP contribution in [0.25, 0.3) is 22.3 Å². The molecule has 0 aliphatic heterocycles. The second-order valence-corrected chi connectivity index (χ2v) is 4.44. The van der Waals surface area contributed by atoms with Gasteiger partial charge in [-0.15, -0.1) is 0 Å². The molecule has 1 heterocycles. The molecule has 0 saturated carbocycles. The highest BCUT2D eigenvalue weighted by molar-refractivity contribution is 6.31. The number of nitrogens with two attached hydrogens (primary N) is 1. The van der Waals surface area contributed by atoms with Crippen molar-refractivity contribution in [2.45, 2.75) is 0 Å². The fraction of sp³-hybridized carbons (Fsp3) is 0. The highest BCUT2D eigenvalue weighted by Crippen LogP contribution is 2.33. The van der Waals surface area contributed by atoms with E-state index in [1.165, 1.54) is 6.07 Å². The van der Waals surface area contributed by atoms with E-state index >= 15 is 0 Å². The van der Waals surface area contributed by atoms with Gasteiger partial charge in [-0.25, -0.2) is 4.39 Å². The predicted molar refractivity (Wildman–Crippen MR) is 71.0 cm³/mol. The zero-order valence-electron chi connectivity index (χ0n) is 9.28. The molecule has 3 rings (SSSR count). The van der Waals surface area contributed by atoms with E-state index in [1.54, 1.807) is 36.4 Å². The van der Waals surface area contributed by atoms with Crippen LogP contribution in [0.2, 0.25) is 5.02 Å². The van der Waals surface area contributed by atoms with Crippen molar-refractivity contribution in [3.63, 3.8) is 0 Å².